The molecular formula is C11H8O3. The van der Waals surface area contributed by atoms with Crippen LogP contribution in [0.25, 0.3) is 6.08 Å². The summed E-state index contributed by atoms with van der Waals surface area (Å²) in [5.41, 5.74) is 0.847. The second-order valence-electron chi connectivity index (χ2n) is 3.23. The average Bonchev–Trinajstić information content (AvgIpc) is 2.62. The van der Waals surface area contributed by atoms with Gasteiger partial charge in [-0.05, 0) is 18.2 Å². The molecule has 1 unspecified atom stereocenters. The van der Waals surface area contributed by atoms with E-state index in [2.05, 4.69) is 0 Å². The van der Waals surface area contributed by atoms with Gasteiger partial charge in [0.05, 0.1) is 6.26 Å². The zero-order valence-corrected chi connectivity index (χ0v) is 7.31. The third-order valence-electron chi connectivity index (χ3n) is 2.31. The summed E-state index contributed by atoms with van der Waals surface area (Å²) < 4.78 is 10.8. The van der Waals surface area contributed by atoms with Crippen molar-refractivity contribution in [1.29, 1.82) is 0 Å². The van der Waals surface area contributed by atoms with Gasteiger partial charge in [0, 0.05) is 5.56 Å². The first-order valence-electron chi connectivity index (χ1n) is 4.38. The number of phenolic OH excluding ortho intramolecular Hbond substituents is 1. The summed E-state index contributed by atoms with van der Waals surface area (Å²) in [7, 11) is 0. The Labute approximate surface area is 80.9 Å². The minimum Gasteiger partial charge on any atom is -0.504 e. The maximum absolute atomic E-state index is 9.56. The van der Waals surface area contributed by atoms with Crippen LogP contribution in [-0.2, 0) is 4.74 Å². The van der Waals surface area contributed by atoms with Crippen molar-refractivity contribution >= 4 is 6.08 Å². The lowest BCUT2D eigenvalue weighted by molar-refractivity contribution is 0.218. The van der Waals surface area contributed by atoms with Crippen molar-refractivity contribution in [1.82, 2.24) is 0 Å². The fraction of sp³-hybridized carbons (Fsp3) is 0.0909. The minimum absolute atomic E-state index is 0.165. The zero-order chi connectivity index (χ0) is 9.54. The number of hydrogen-bond acceptors (Lipinski definition) is 3. The van der Waals surface area contributed by atoms with E-state index in [-0.39, 0.29) is 11.9 Å². The normalized spacial score (nSPS) is 21.7. The Balaban J connectivity index is 2.16. The molecule has 0 bridgehead atoms. The maximum atomic E-state index is 9.56. The Morgan fingerprint density at radius 2 is 2.21 bits per heavy atom. The van der Waals surface area contributed by atoms with E-state index in [4.69, 9.17) is 9.47 Å². The van der Waals surface area contributed by atoms with Crippen molar-refractivity contribution in [2.75, 3.05) is 0 Å². The quantitative estimate of drug-likeness (QED) is 0.677. The molecule has 0 radical (unpaired) electrons. The molecule has 0 saturated heterocycles. The molecule has 1 atom stereocenters. The number of benzene rings is 1. The number of para-hydroxylation sites is 1. The van der Waals surface area contributed by atoms with Crippen LogP contribution >= 0.6 is 0 Å². The first-order valence-corrected chi connectivity index (χ1v) is 4.38. The van der Waals surface area contributed by atoms with Crippen molar-refractivity contribution in [3.05, 3.63) is 41.9 Å². The molecule has 0 spiro atoms. The summed E-state index contributed by atoms with van der Waals surface area (Å²) in [4.78, 5) is 0. The summed E-state index contributed by atoms with van der Waals surface area (Å²) >= 11 is 0. The molecule has 2 aliphatic heterocycles. The first kappa shape index (κ1) is 7.50. The lowest BCUT2D eigenvalue weighted by Gasteiger charge is -2.20. The van der Waals surface area contributed by atoms with E-state index in [0.29, 0.717) is 5.75 Å². The molecule has 2 aliphatic rings. The SMILES string of the molecule is Oc1cccc2c1OC1C=COC1=C2. The van der Waals surface area contributed by atoms with Crippen molar-refractivity contribution < 1.29 is 14.6 Å². The fourth-order valence-electron chi connectivity index (χ4n) is 1.63. The van der Waals surface area contributed by atoms with Gasteiger partial charge in [0.25, 0.3) is 0 Å². The zero-order valence-electron chi connectivity index (χ0n) is 7.31. The molecule has 1 N–H and O–H groups in total. The molecule has 1 aromatic rings. The smallest absolute Gasteiger partial charge is 0.178 e. The number of fused-ring (bicyclic) bond motifs is 2. The van der Waals surface area contributed by atoms with E-state index in [1.54, 1.807) is 24.5 Å². The van der Waals surface area contributed by atoms with Crippen LogP contribution in [-0.4, -0.2) is 11.2 Å². The Hall–Kier alpha value is -1.90. The fourth-order valence-corrected chi connectivity index (χ4v) is 1.63. The minimum atomic E-state index is -0.184. The summed E-state index contributed by atoms with van der Waals surface area (Å²) in [6, 6.07) is 5.26. The topological polar surface area (TPSA) is 38.7 Å². The Bertz CT molecular complexity index is 446. The van der Waals surface area contributed by atoms with Crippen molar-refractivity contribution in [2.45, 2.75) is 6.10 Å². The molecule has 0 aliphatic carbocycles. The Morgan fingerprint density at radius 3 is 3.14 bits per heavy atom. The van der Waals surface area contributed by atoms with Gasteiger partial charge in [-0.1, -0.05) is 12.1 Å². The van der Waals surface area contributed by atoms with E-state index in [1.807, 2.05) is 12.1 Å². The molecule has 0 aromatic heterocycles. The highest BCUT2D eigenvalue weighted by atomic mass is 16.5. The van der Waals surface area contributed by atoms with Crippen LogP contribution in [0.3, 0.4) is 0 Å². The molecule has 3 nitrogen and oxygen atoms in total. The van der Waals surface area contributed by atoms with Gasteiger partial charge in [0.2, 0.25) is 0 Å². The molecule has 0 fully saturated rings. The highest BCUT2D eigenvalue weighted by molar-refractivity contribution is 5.66. The van der Waals surface area contributed by atoms with Crippen LogP contribution < -0.4 is 4.74 Å². The van der Waals surface area contributed by atoms with Gasteiger partial charge in [-0.2, -0.15) is 0 Å². The number of phenols is 1. The molecule has 2 heterocycles. The van der Waals surface area contributed by atoms with Crippen LogP contribution in [0.4, 0.5) is 0 Å². The van der Waals surface area contributed by atoms with E-state index >= 15 is 0 Å². The van der Waals surface area contributed by atoms with Gasteiger partial charge < -0.3 is 14.6 Å². The van der Waals surface area contributed by atoms with E-state index in [0.717, 1.165) is 11.3 Å². The third-order valence-corrected chi connectivity index (χ3v) is 2.31. The Kier molecular flexibility index (Phi) is 1.36. The number of hydrogen-bond donors (Lipinski definition) is 1. The standard InChI is InChI=1S/C11H8O3/c12-8-3-1-2-7-6-10-9(4-5-13-10)14-11(7)8/h1-6,9,12H. The summed E-state index contributed by atoms with van der Waals surface area (Å²) in [6.45, 7) is 0. The van der Waals surface area contributed by atoms with Crippen LogP contribution in [0.5, 0.6) is 11.5 Å². The van der Waals surface area contributed by atoms with E-state index < -0.39 is 0 Å². The molecule has 3 heteroatoms. The first-order chi connectivity index (χ1) is 6.84. The predicted molar refractivity (Wildman–Crippen MR) is 50.7 cm³/mol. The molecule has 3 rings (SSSR count). The number of ether oxygens (including phenoxy) is 2. The second kappa shape index (κ2) is 2.54. The molecule has 0 saturated carbocycles. The summed E-state index contributed by atoms with van der Waals surface area (Å²) in [6.07, 6.45) is 5.10. The monoisotopic (exact) mass is 188 g/mol. The van der Waals surface area contributed by atoms with Gasteiger partial charge in [-0.15, -0.1) is 0 Å². The Morgan fingerprint density at radius 1 is 1.29 bits per heavy atom. The van der Waals surface area contributed by atoms with Crippen LogP contribution in [0.1, 0.15) is 5.56 Å². The maximum Gasteiger partial charge on any atom is 0.178 e. The lowest BCUT2D eigenvalue weighted by Crippen LogP contribution is -2.17. The van der Waals surface area contributed by atoms with Gasteiger partial charge >= 0.3 is 0 Å². The largest absolute Gasteiger partial charge is 0.504 e. The van der Waals surface area contributed by atoms with Gasteiger partial charge in [0.1, 0.15) is 5.76 Å². The molecular weight excluding hydrogens is 180 g/mol. The number of aromatic hydroxyl groups is 1. The van der Waals surface area contributed by atoms with E-state index in [9.17, 15) is 5.11 Å². The number of rotatable bonds is 0. The molecule has 0 amide bonds. The highest BCUT2D eigenvalue weighted by Gasteiger charge is 2.26. The molecule has 14 heavy (non-hydrogen) atoms. The lowest BCUT2D eigenvalue weighted by atomic mass is 10.1. The molecule has 70 valence electrons. The molecule has 1 aromatic carbocycles. The highest BCUT2D eigenvalue weighted by Crippen LogP contribution is 2.38. The van der Waals surface area contributed by atoms with Crippen molar-refractivity contribution in [3.8, 4) is 11.5 Å². The second-order valence-corrected chi connectivity index (χ2v) is 3.23. The summed E-state index contributed by atoms with van der Waals surface area (Å²) in [5.74, 6) is 1.46. The van der Waals surface area contributed by atoms with Crippen LogP contribution in [0, 0.1) is 0 Å². The van der Waals surface area contributed by atoms with Crippen molar-refractivity contribution in [3.63, 3.8) is 0 Å². The predicted octanol–water partition coefficient (Wildman–Crippen LogP) is 2.04. The van der Waals surface area contributed by atoms with Crippen LogP contribution in [0.15, 0.2) is 36.3 Å². The van der Waals surface area contributed by atoms with Crippen molar-refractivity contribution in [2.24, 2.45) is 0 Å². The van der Waals surface area contributed by atoms with Crippen LogP contribution in [0.2, 0.25) is 0 Å². The third kappa shape index (κ3) is 0.923. The average molecular weight is 188 g/mol. The van der Waals surface area contributed by atoms with Gasteiger partial charge in [0.15, 0.2) is 17.6 Å². The van der Waals surface area contributed by atoms with Gasteiger partial charge in [-0.3, -0.25) is 0 Å². The summed E-state index contributed by atoms with van der Waals surface area (Å²) in [5, 5.41) is 9.56. The van der Waals surface area contributed by atoms with Gasteiger partial charge in [-0.25, -0.2) is 0 Å². The van der Waals surface area contributed by atoms with E-state index in [1.165, 1.54) is 0 Å².